The van der Waals surface area contributed by atoms with Gasteiger partial charge in [-0.2, -0.15) is 0 Å². The summed E-state index contributed by atoms with van der Waals surface area (Å²) in [5.74, 6) is -0.879. The number of carboxylic acids is 1. The third-order valence-electron chi connectivity index (χ3n) is 2.92. The Kier molecular flexibility index (Phi) is 4.76. The Morgan fingerprint density at radius 1 is 1.33 bits per heavy atom. The maximum atomic E-state index is 12.4. The molecule has 1 heterocycles. The zero-order chi connectivity index (χ0) is 13.8. The number of urea groups is 1. The first kappa shape index (κ1) is 14.5. The van der Waals surface area contributed by atoms with Crippen LogP contribution in [0.2, 0.25) is 0 Å². The molecule has 0 radical (unpaired) electrons. The van der Waals surface area contributed by atoms with Gasteiger partial charge in [0.1, 0.15) is 0 Å². The lowest BCUT2D eigenvalue weighted by atomic mass is 10.1. The number of hydrogen-bond donors (Lipinski definition) is 1. The SMILES string of the molecule is CC(C)(C)N(CCC(=O)O)C(=O)N1CC=CCC1. The Morgan fingerprint density at radius 2 is 2.00 bits per heavy atom. The Bertz CT molecular complexity index is 345. The summed E-state index contributed by atoms with van der Waals surface area (Å²) in [6.45, 7) is 7.33. The first-order chi connectivity index (χ1) is 8.32. The third-order valence-corrected chi connectivity index (χ3v) is 2.92. The Morgan fingerprint density at radius 3 is 2.44 bits per heavy atom. The molecule has 1 aliphatic rings. The van der Waals surface area contributed by atoms with Crippen molar-refractivity contribution in [1.29, 1.82) is 0 Å². The summed E-state index contributed by atoms with van der Waals surface area (Å²) >= 11 is 0. The number of carboxylic acid groups (broad SMARTS) is 1. The topological polar surface area (TPSA) is 60.9 Å². The highest BCUT2D eigenvalue weighted by Gasteiger charge is 2.30. The van der Waals surface area contributed by atoms with Crippen LogP contribution in [0.1, 0.15) is 33.6 Å². The number of carbonyl (C=O) groups excluding carboxylic acids is 1. The van der Waals surface area contributed by atoms with E-state index in [2.05, 4.69) is 6.08 Å². The van der Waals surface area contributed by atoms with E-state index in [9.17, 15) is 9.59 Å². The minimum absolute atomic E-state index is 0.0211. The van der Waals surface area contributed by atoms with Gasteiger partial charge in [-0.25, -0.2) is 4.79 Å². The molecule has 0 saturated heterocycles. The van der Waals surface area contributed by atoms with Gasteiger partial charge in [0.05, 0.1) is 6.42 Å². The van der Waals surface area contributed by atoms with Crippen LogP contribution in [0.25, 0.3) is 0 Å². The molecule has 0 saturated carbocycles. The van der Waals surface area contributed by atoms with Crippen molar-refractivity contribution >= 4 is 12.0 Å². The molecule has 5 nitrogen and oxygen atoms in total. The Labute approximate surface area is 108 Å². The average molecular weight is 254 g/mol. The lowest BCUT2D eigenvalue weighted by Crippen LogP contribution is -2.53. The van der Waals surface area contributed by atoms with Crippen LogP contribution in [-0.4, -0.2) is 52.1 Å². The van der Waals surface area contributed by atoms with E-state index < -0.39 is 5.97 Å². The molecule has 0 unspecified atom stereocenters. The zero-order valence-electron chi connectivity index (χ0n) is 11.3. The molecule has 1 rings (SSSR count). The molecule has 0 aromatic heterocycles. The largest absolute Gasteiger partial charge is 0.481 e. The molecule has 1 aliphatic heterocycles. The van der Waals surface area contributed by atoms with Crippen molar-refractivity contribution in [3.05, 3.63) is 12.2 Å². The summed E-state index contributed by atoms with van der Waals surface area (Å²) in [6.07, 6.45) is 4.87. The molecular weight excluding hydrogens is 232 g/mol. The highest BCUT2D eigenvalue weighted by Crippen LogP contribution is 2.17. The summed E-state index contributed by atoms with van der Waals surface area (Å²) in [4.78, 5) is 26.4. The molecule has 102 valence electrons. The molecule has 0 bridgehead atoms. The van der Waals surface area contributed by atoms with Gasteiger partial charge in [0, 0.05) is 25.2 Å². The van der Waals surface area contributed by atoms with Crippen molar-refractivity contribution in [2.45, 2.75) is 39.2 Å². The van der Waals surface area contributed by atoms with Crippen LogP contribution in [-0.2, 0) is 4.79 Å². The minimum Gasteiger partial charge on any atom is -0.481 e. The van der Waals surface area contributed by atoms with E-state index in [0.717, 1.165) is 6.42 Å². The maximum Gasteiger partial charge on any atom is 0.320 e. The third kappa shape index (κ3) is 4.05. The fraction of sp³-hybridized carbons (Fsp3) is 0.692. The van der Waals surface area contributed by atoms with E-state index in [0.29, 0.717) is 13.1 Å². The molecule has 0 fully saturated rings. The van der Waals surface area contributed by atoms with Crippen molar-refractivity contribution in [3.63, 3.8) is 0 Å². The van der Waals surface area contributed by atoms with Crippen LogP contribution in [0.5, 0.6) is 0 Å². The van der Waals surface area contributed by atoms with Crippen molar-refractivity contribution in [1.82, 2.24) is 9.80 Å². The summed E-state index contributed by atoms with van der Waals surface area (Å²) in [7, 11) is 0. The van der Waals surface area contributed by atoms with Crippen molar-refractivity contribution in [2.24, 2.45) is 0 Å². The quantitative estimate of drug-likeness (QED) is 0.783. The van der Waals surface area contributed by atoms with Crippen LogP contribution in [0.15, 0.2) is 12.2 Å². The van der Waals surface area contributed by atoms with Gasteiger partial charge in [0.15, 0.2) is 0 Å². The highest BCUT2D eigenvalue weighted by molar-refractivity contribution is 5.76. The predicted octanol–water partition coefficient (Wildman–Crippen LogP) is 1.94. The molecule has 0 aliphatic carbocycles. The first-order valence-corrected chi connectivity index (χ1v) is 6.25. The Balaban J connectivity index is 2.72. The molecule has 2 amide bonds. The molecule has 0 aromatic rings. The molecule has 0 atom stereocenters. The monoisotopic (exact) mass is 254 g/mol. The van der Waals surface area contributed by atoms with Crippen LogP contribution >= 0.6 is 0 Å². The van der Waals surface area contributed by atoms with Gasteiger partial charge < -0.3 is 14.9 Å². The normalized spacial score (nSPS) is 15.6. The summed E-state index contributed by atoms with van der Waals surface area (Å²) < 4.78 is 0. The van der Waals surface area contributed by atoms with E-state index in [1.165, 1.54) is 0 Å². The molecule has 18 heavy (non-hydrogen) atoms. The number of aliphatic carboxylic acids is 1. The number of amides is 2. The van der Waals surface area contributed by atoms with Crippen LogP contribution in [0.3, 0.4) is 0 Å². The van der Waals surface area contributed by atoms with E-state index >= 15 is 0 Å². The van der Waals surface area contributed by atoms with Gasteiger partial charge in [-0.3, -0.25) is 4.79 Å². The number of nitrogens with zero attached hydrogens (tertiary/aromatic N) is 2. The summed E-state index contributed by atoms with van der Waals surface area (Å²) in [5, 5.41) is 8.76. The molecule has 1 N–H and O–H groups in total. The number of hydrogen-bond acceptors (Lipinski definition) is 2. The van der Waals surface area contributed by atoms with Gasteiger partial charge in [-0.05, 0) is 27.2 Å². The fourth-order valence-corrected chi connectivity index (χ4v) is 1.91. The van der Waals surface area contributed by atoms with Crippen LogP contribution < -0.4 is 0 Å². The summed E-state index contributed by atoms with van der Waals surface area (Å²) in [5.41, 5.74) is -0.367. The van der Waals surface area contributed by atoms with E-state index in [1.54, 1.807) is 9.80 Å². The van der Waals surface area contributed by atoms with Gasteiger partial charge in [0.25, 0.3) is 0 Å². The standard InChI is InChI=1S/C13H22N2O3/c1-13(2,3)15(10-7-11(16)17)12(18)14-8-5-4-6-9-14/h4-5H,6-10H2,1-3H3,(H,16,17). The maximum absolute atomic E-state index is 12.4. The van der Waals surface area contributed by atoms with Gasteiger partial charge in [-0.15, -0.1) is 0 Å². The highest BCUT2D eigenvalue weighted by atomic mass is 16.4. The molecular formula is C13H22N2O3. The van der Waals surface area contributed by atoms with Crippen LogP contribution in [0, 0.1) is 0 Å². The lowest BCUT2D eigenvalue weighted by Gasteiger charge is -2.39. The lowest BCUT2D eigenvalue weighted by molar-refractivity contribution is -0.137. The first-order valence-electron chi connectivity index (χ1n) is 6.25. The zero-order valence-corrected chi connectivity index (χ0v) is 11.3. The minimum atomic E-state index is -0.879. The smallest absolute Gasteiger partial charge is 0.320 e. The molecule has 0 aromatic carbocycles. The molecule has 0 spiro atoms. The fourth-order valence-electron chi connectivity index (χ4n) is 1.91. The van der Waals surface area contributed by atoms with E-state index in [4.69, 9.17) is 5.11 Å². The predicted molar refractivity (Wildman–Crippen MR) is 69.4 cm³/mol. The average Bonchev–Trinajstić information content (AvgIpc) is 2.28. The summed E-state index contributed by atoms with van der Waals surface area (Å²) in [6, 6.07) is -0.0758. The van der Waals surface area contributed by atoms with E-state index in [-0.39, 0.29) is 24.5 Å². The van der Waals surface area contributed by atoms with Crippen molar-refractivity contribution in [3.8, 4) is 0 Å². The van der Waals surface area contributed by atoms with E-state index in [1.807, 2.05) is 26.8 Å². The van der Waals surface area contributed by atoms with Crippen LogP contribution in [0.4, 0.5) is 4.79 Å². The molecule has 5 heteroatoms. The van der Waals surface area contributed by atoms with Gasteiger partial charge in [0.2, 0.25) is 0 Å². The second-order valence-electron chi connectivity index (χ2n) is 5.45. The second-order valence-corrected chi connectivity index (χ2v) is 5.45. The second kappa shape index (κ2) is 5.89. The van der Waals surface area contributed by atoms with Gasteiger partial charge >= 0.3 is 12.0 Å². The number of carbonyl (C=O) groups is 2. The Hall–Kier alpha value is -1.52. The van der Waals surface area contributed by atoms with Crippen molar-refractivity contribution < 1.29 is 14.7 Å². The van der Waals surface area contributed by atoms with Crippen molar-refractivity contribution in [2.75, 3.05) is 19.6 Å². The number of rotatable bonds is 3. The van der Waals surface area contributed by atoms with Gasteiger partial charge in [-0.1, -0.05) is 12.2 Å².